The maximum absolute atomic E-state index is 11.1. The van der Waals surface area contributed by atoms with E-state index in [0.717, 1.165) is 17.2 Å². The minimum Gasteiger partial charge on any atom is -0.253 e. The van der Waals surface area contributed by atoms with Crippen LogP contribution in [0.3, 0.4) is 0 Å². The van der Waals surface area contributed by atoms with Crippen molar-refractivity contribution in [2.45, 2.75) is 27.2 Å². The molecular formula is C9H15NOS. The van der Waals surface area contributed by atoms with E-state index in [2.05, 4.69) is 31.8 Å². The van der Waals surface area contributed by atoms with Crippen LogP contribution in [0.25, 0.3) is 0 Å². The molecule has 1 aliphatic rings. The fourth-order valence-electron chi connectivity index (χ4n) is 1.07. The van der Waals surface area contributed by atoms with Gasteiger partial charge in [-0.25, -0.2) is 4.99 Å². The van der Waals surface area contributed by atoms with Gasteiger partial charge in [0.05, 0.1) is 10.8 Å². The molecule has 0 aromatic carbocycles. The van der Waals surface area contributed by atoms with Crippen LogP contribution in [0, 0.1) is 5.41 Å². The molecule has 3 heteroatoms. The van der Waals surface area contributed by atoms with Gasteiger partial charge in [0.15, 0.2) is 0 Å². The summed E-state index contributed by atoms with van der Waals surface area (Å²) in [5, 5.41) is 0.805. The van der Waals surface area contributed by atoms with Gasteiger partial charge in [-0.1, -0.05) is 26.8 Å². The lowest BCUT2D eigenvalue weighted by molar-refractivity contribution is 0.500. The van der Waals surface area contributed by atoms with Crippen molar-refractivity contribution in [1.82, 2.24) is 0 Å². The predicted octanol–water partition coefficient (Wildman–Crippen LogP) is 2.10. The molecule has 1 aliphatic heterocycles. The van der Waals surface area contributed by atoms with Crippen LogP contribution in [0.1, 0.15) is 27.2 Å². The average molecular weight is 185 g/mol. The molecule has 0 bridgehead atoms. The molecule has 0 N–H and O–H groups in total. The van der Waals surface area contributed by atoms with E-state index in [1.165, 1.54) is 0 Å². The number of allylic oxidation sites excluding steroid dienone is 2. The van der Waals surface area contributed by atoms with E-state index in [4.69, 9.17) is 0 Å². The maximum Gasteiger partial charge on any atom is 0.108 e. The first kappa shape index (κ1) is 9.65. The van der Waals surface area contributed by atoms with Gasteiger partial charge in [0.2, 0.25) is 0 Å². The molecule has 12 heavy (non-hydrogen) atoms. The number of hydrogen-bond acceptors (Lipinski definition) is 2. The van der Waals surface area contributed by atoms with Gasteiger partial charge in [-0.05, 0) is 0 Å². The summed E-state index contributed by atoms with van der Waals surface area (Å²) in [6.07, 6.45) is 4.50. The van der Waals surface area contributed by atoms with Gasteiger partial charge < -0.3 is 0 Å². The fourth-order valence-corrected chi connectivity index (χ4v) is 1.61. The summed E-state index contributed by atoms with van der Waals surface area (Å²) < 4.78 is 11.1. The third kappa shape index (κ3) is 2.03. The molecule has 0 aromatic rings. The highest BCUT2D eigenvalue weighted by Gasteiger charge is 2.21. The van der Waals surface area contributed by atoms with Gasteiger partial charge in [0.25, 0.3) is 0 Å². The summed E-state index contributed by atoms with van der Waals surface area (Å²) >= 11 is 0. The molecule has 0 spiro atoms. The van der Waals surface area contributed by atoms with E-state index in [9.17, 15) is 4.21 Å². The summed E-state index contributed by atoms with van der Waals surface area (Å²) in [6, 6.07) is 0. The van der Waals surface area contributed by atoms with E-state index in [1.807, 2.05) is 0 Å². The van der Waals surface area contributed by atoms with Gasteiger partial charge >= 0.3 is 0 Å². The molecule has 1 rings (SSSR count). The van der Waals surface area contributed by atoms with Crippen LogP contribution in [0.2, 0.25) is 0 Å². The summed E-state index contributed by atoms with van der Waals surface area (Å²) in [5.41, 5.74) is 1.15. The third-order valence-electron chi connectivity index (χ3n) is 1.82. The Morgan fingerprint density at radius 1 is 1.50 bits per heavy atom. The molecule has 0 saturated heterocycles. The van der Waals surface area contributed by atoms with Crippen molar-refractivity contribution in [3.8, 4) is 0 Å². The normalized spacial score (nSPS) is 20.3. The van der Waals surface area contributed by atoms with Gasteiger partial charge in [-0.3, -0.25) is 4.21 Å². The van der Waals surface area contributed by atoms with Crippen LogP contribution in [0.4, 0.5) is 0 Å². The first-order valence-corrected chi connectivity index (χ1v) is 5.58. The van der Waals surface area contributed by atoms with Crippen molar-refractivity contribution in [3.63, 3.8) is 0 Å². The number of hydrogen-bond donors (Lipinski definition) is 0. The van der Waals surface area contributed by atoms with E-state index in [-0.39, 0.29) is 5.41 Å². The van der Waals surface area contributed by atoms with Crippen molar-refractivity contribution in [3.05, 3.63) is 11.8 Å². The zero-order chi connectivity index (χ0) is 9.35. The minimum atomic E-state index is -0.898. The first-order chi connectivity index (χ1) is 5.41. The van der Waals surface area contributed by atoms with Crippen molar-refractivity contribution in [1.29, 1.82) is 0 Å². The summed E-state index contributed by atoms with van der Waals surface area (Å²) in [6.45, 7) is 6.34. The Hall–Kier alpha value is -0.440. The van der Waals surface area contributed by atoms with E-state index < -0.39 is 10.8 Å². The SMILES string of the molecule is CS(=O)C1=NC(C(C)(C)C)=CC1. The highest BCUT2D eigenvalue weighted by Crippen LogP contribution is 2.30. The molecule has 0 aliphatic carbocycles. The second-order valence-corrected chi connectivity index (χ2v) is 5.38. The molecule has 0 fully saturated rings. The standard InChI is InChI=1S/C9H15NOS/c1-9(2,3)7-5-6-8(10-7)12(4)11/h5H,6H2,1-4H3. The van der Waals surface area contributed by atoms with Crippen LogP contribution in [-0.2, 0) is 10.8 Å². The third-order valence-corrected chi connectivity index (χ3v) is 2.74. The highest BCUT2D eigenvalue weighted by molar-refractivity contribution is 8.00. The highest BCUT2D eigenvalue weighted by atomic mass is 32.2. The Balaban J connectivity index is 2.82. The van der Waals surface area contributed by atoms with Crippen LogP contribution in [0.15, 0.2) is 16.8 Å². The van der Waals surface area contributed by atoms with Crippen LogP contribution >= 0.6 is 0 Å². The lowest BCUT2D eigenvalue weighted by Gasteiger charge is -2.16. The van der Waals surface area contributed by atoms with E-state index in [0.29, 0.717) is 0 Å². The summed E-state index contributed by atoms with van der Waals surface area (Å²) in [5.74, 6) is 0. The molecule has 1 heterocycles. The number of nitrogens with zero attached hydrogens (tertiary/aromatic N) is 1. The second kappa shape index (κ2) is 3.13. The van der Waals surface area contributed by atoms with E-state index >= 15 is 0 Å². The van der Waals surface area contributed by atoms with Crippen LogP contribution < -0.4 is 0 Å². The van der Waals surface area contributed by atoms with Gasteiger partial charge in [0, 0.05) is 23.8 Å². The molecule has 68 valence electrons. The minimum absolute atomic E-state index is 0.0844. The lowest BCUT2D eigenvalue weighted by Crippen LogP contribution is -2.07. The smallest absolute Gasteiger partial charge is 0.108 e. The topological polar surface area (TPSA) is 29.4 Å². The Kier molecular flexibility index (Phi) is 2.52. The van der Waals surface area contributed by atoms with Crippen LogP contribution in [0.5, 0.6) is 0 Å². The Morgan fingerprint density at radius 3 is 2.33 bits per heavy atom. The predicted molar refractivity (Wildman–Crippen MR) is 53.7 cm³/mol. The van der Waals surface area contributed by atoms with Crippen molar-refractivity contribution in [2.75, 3.05) is 6.26 Å². The summed E-state index contributed by atoms with van der Waals surface area (Å²) in [7, 11) is -0.898. The molecule has 2 nitrogen and oxygen atoms in total. The average Bonchev–Trinajstić information content (AvgIpc) is 2.30. The van der Waals surface area contributed by atoms with Crippen LogP contribution in [-0.4, -0.2) is 15.5 Å². The molecule has 0 radical (unpaired) electrons. The van der Waals surface area contributed by atoms with Crippen molar-refractivity contribution < 1.29 is 4.21 Å². The molecule has 0 saturated carbocycles. The van der Waals surface area contributed by atoms with Crippen molar-refractivity contribution >= 4 is 15.8 Å². The molecule has 0 amide bonds. The van der Waals surface area contributed by atoms with Crippen molar-refractivity contribution in [2.24, 2.45) is 10.4 Å². The molecular weight excluding hydrogens is 170 g/mol. The molecule has 0 aromatic heterocycles. The lowest BCUT2D eigenvalue weighted by atomic mass is 9.92. The Bertz CT molecular complexity index is 271. The maximum atomic E-state index is 11.1. The monoisotopic (exact) mass is 185 g/mol. The fraction of sp³-hybridized carbons (Fsp3) is 0.667. The molecule has 1 unspecified atom stereocenters. The number of aliphatic imine (C=N–C) groups is 1. The zero-order valence-corrected chi connectivity index (χ0v) is 8.86. The largest absolute Gasteiger partial charge is 0.253 e. The molecule has 1 atom stereocenters. The Labute approximate surface area is 76.2 Å². The quantitative estimate of drug-likeness (QED) is 0.568. The van der Waals surface area contributed by atoms with Gasteiger partial charge in [-0.2, -0.15) is 0 Å². The second-order valence-electron chi connectivity index (χ2n) is 4.00. The van der Waals surface area contributed by atoms with Gasteiger partial charge in [-0.15, -0.1) is 0 Å². The summed E-state index contributed by atoms with van der Waals surface area (Å²) in [4.78, 5) is 4.34. The Morgan fingerprint density at radius 2 is 2.08 bits per heavy atom. The zero-order valence-electron chi connectivity index (χ0n) is 8.05. The van der Waals surface area contributed by atoms with E-state index in [1.54, 1.807) is 6.26 Å². The van der Waals surface area contributed by atoms with Gasteiger partial charge in [0.1, 0.15) is 5.04 Å². The first-order valence-electron chi connectivity index (χ1n) is 4.03. The number of rotatable bonds is 0.